The van der Waals surface area contributed by atoms with Crippen LogP contribution in [0.5, 0.6) is 11.5 Å². The largest absolute Gasteiger partial charge is 0.490 e. The molecule has 0 spiro atoms. The quantitative estimate of drug-likeness (QED) is 0.607. The first kappa shape index (κ1) is 21.8. The summed E-state index contributed by atoms with van der Waals surface area (Å²) in [6.07, 6.45) is 6.21. The molecule has 0 saturated carbocycles. The Morgan fingerprint density at radius 3 is 2.81 bits per heavy atom. The maximum absolute atomic E-state index is 13.1. The highest BCUT2D eigenvalue weighted by molar-refractivity contribution is 6.31. The van der Waals surface area contributed by atoms with Crippen molar-refractivity contribution >= 4 is 23.6 Å². The third-order valence-corrected chi connectivity index (χ3v) is 6.13. The predicted octanol–water partition coefficient (Wildman–Crippen LogP) is 5.04. The summed E-state index contributed by atoms with van der Waals surface area (Å²) in [4.78, 5) is 15.0. The molecule has 31 heavy (non-hydrogen) atoms. The topological polar surface area (TPSA) is 56.6 Å². The zero-order valence-corrected chi connectivity index (χ0v) is 19.2. The molecule has 1 amide bonds. The molecule has 2 aliphatic heterocycles. The van der Waals surface area contributed by atoms with Crippen LogP contribution in [0, 0.1) is 12.8 Å². The molecular formula is C24H30ClN3O3. The van der Waals surface area contributed by atoms with Crippen LogP contribution in [-0.2, 0) is 11.3 Å². The highest BCUT2D eigenvalue weighted by atomic mass is 35.5. The fourth-order valence-corrected chi connectivity index (χ4v) is 4.54. The summed E-state index contributed by atoms with van der Waals surface area (Å²) < 4.78 is 13.4. The van der Waals surface area contributed by atoms with Crippen molar-refractivity contribution in [3.05, 3.63) is 46.2 Å². The molecule has 1 fully saturated rings. The van der Waals surface area contributed by atoms with Crippen LogP contribution in [0.4, 0.5) is 0 Å². The molecule has 4 rings (SSSR count). The summed E-state index contributed by atoms with van der Waals surface area (Å²) in [5, 5.41) is 5.10. The van der Waals surface area contributed by atoms with E-state index in [4.69, 9.17) is 21.1 Å². The highest BCUT2D eigenvalue weighted by Gasteiger charge is 2.30. The van der Waals surface area contributed by atoms with Gasteiger partial charge >= 0.3 is 0 Å². The lowest BCUT2D eigenvalue weighted by molar-refractivity contribution is -0.126. The van der Waals surface area contributed by atoms with Gasteiger partial charge in [0.1, 0.15) is 5.15 Å². The molecule has 1 saturated heterocycles. The lowest BCUT2D eigenvalue weighted by Gasteiger charge is -2.24. The van der Waals surface area contributed by atoms with Gasteiger partial charge < -0.3 is 14.4 Å². The average Bonchev–Trinajstić information content (AvgIpc) is 3.23. The minimum atomic E-state index is -0.0123. The predicted molar refractivity (Wildman–Crippen MR) is 122 cm³/mol. The number of halogens is 1. The molecule has 0 bridgehead atoms. The Morgan fingerprint density at radius 1 is 1.26 bits per heavy atom. The van der Waals surface area contributed by atoms with E-state index in [1.54, 1.807) is 12.2 Å². The first-order valence-corrected chi connectivity index (χ1v) is 11.4. The second-order valence-corrected chi connectivity index (χ2v) is 9.00. The zero-order valence-electron chi connectivity index (χ0n) is 18.4. The van der Waals surface area contributed by atoms with E-state index in [1.165, 1.54) is 0 Å². The van der Waals surface area contributed by atoms with Gasteiger partial charge in [0.25, 0.3) is 0 Å². The molecule has 2 aliphatic rings. The minimum absolute atomic E-state index is 0.0123. The van der Waals surface area contributed by atoms with Crippen LogP contribution < -0.4 is 9.47 Å². The molecule has 3 heterocycles. The van der Waals surface area contributed by atoms with Crippen molar-refractivity contribution in [2.45, 2.75) is 52.6 Å². The Kier molecular flexibility index (Phi) is 6.56. The van der Waals surface area contributed by atoms with Gasteiger partial charge in [-0.25, -0.2) is 0 Å². The number of rotatable bonds is 5. The Morgan fingerprint density at radius 2 is 2.03 bits per heavy atom. The molecule has 1 aromatic carbocycles. The van der Waals surface area contributed by atoms with Crippen LogP contribution in [0.25, 0.3) is 6.08 Å². The standard InChI is InChI=1S/C24H30ClN3O3/c1-16(2)15-28-24(25)19(17(3)26-28)8-10-23(29)27-11-4-6-20(27)18-7-9-21-22(14-18)31-13-5-12-30-21/h7-10,14,16,20H,4-6,11-13,15H2,1-3H3/b10-8+. The van der Waals surface area contributed by atoms with Gasteiger partial charge in [-0.15, -0.1) is 0 Å². The Balaban J connectivity index is 1.51. The summed E-state index contributed by atoms with van der Waals surface area (Å²) in [5.74, 6) is 1.97. The smallest absolute Gasteiger partial charge is 0.247 e. The summed E-state index contributed by atoms with van der Waals surface area (Å²) in [6.45, 7) is 8.97. The maximum atomic E-state index is 13.1. The number of benzene rings is 1. The number of likely N-dealkylation sites (tertiary alicyclic amines) is 1. The van der Waals surface area contributed by atoms with Crippen molar-refractivity contribution in [2.24, 2.45) is 5.92 Å². The number of carbonyl (C=O) groups excluding carboxylic acids is 1. The molecule has 0 N–H and O–H groups in total. The van der Waals surface area contributed by atoms with Gasteiger partial charge in [0.15, 0.2) is 11.5 Å². The second kappa shape index (κ2) is 9.35. The van der Waals surface area contributed by atoms with Gasteiger partial charge in [0, 0.05) is 31.1 Å². The van der Waals surface area contributed by atoms with Crippen molar-refractivity contribution in [3.8, 4) is 11.5 Å². The summed E-state index contributed by atoms with van der Waals surface area (Å²) >= 11 is 6.52. The number of fused-ring (bicyclic) bond motifs is 1. The molecular weight excluding hydrogens is 414 g/mol. The van der Waals surface area contributed by atoms with E-state index in [9.17, 15) is 4.79 Å². The number of nitrogens with zero attached hydrogens (tertiary/aromatic N) is 3. The van der Waals surface area contributed by atoms with Crippen LogP contribution >= 0.6 is 11.6 Å². The fourth-order valence-electron chi connectivity index (χ4n) is 4.24. The Bertz CT molecular complexity index is 983. The molecule has 7 heteroatoms. The van der Waals surface area contributed by atoms with E-state index < -0.39 is 0 Å². The first-order valence-electron chi connectivity index (χ1n) is 11.0. The van der Waals surface area contributed by atoms with Crippen molar-refractivity contribution in [1.82, 2.24) is 14.7 Å². The summed E-state index contributed by atoms with van der Waals surface area (Å²) in [6, 6.07) is 6.07. The number of aryl methyl sites for hydroxylation is 1. The maximum Gasteiger partial charge on any atom is 0.247 e. The van der Waals surface area contributed by atoms with E-state index in [1.807, 2.05) is 34.7 Å². The summed E-state index contributed by atoms with van der Waals surface area (Å²) in [7, 11) is 0. The SMILES string of the molecule is Cc1nn(CC(C)C)c(Cl)c1/C=C/C(=O)N1CCCC1c1ccc2c(c1)OCCCO2. The molecule has 1 unspecified atom stereocenters. The Labute approximate surface area is 188 Å². The number of hydrogen-bond acceptors (Lipinski definition) is 4. The first-order chi connectivity index (χ1) is 14.9. The number of aromatic nitrogens is 2. The normalized spacial score (nSPS) is 18.7. The van der Waals surface area contributed by atoms with Crippen LogP contribution in [-0.4, -0.2) is 40.3 Å². The second-order valence-electron chi connectivity index (χ2n) is 8.65. The highest BCUT2D eigenvalue weighted by Crippen LogP contribution is 2.38. The van der Waals surface area contributed by atoms with Crippen LogP contribution in [0.1, 0.15) is 56.0 Å². The van der Waals surface area contributed by atoms with E-state index >= 15 is 0 Å². The van der Waals surface area contributed by atoms with Crippen molar-refractivity contribution in [1.29, 1.82) is 0 Å². The third-order valence-electron chi connectivity index (χ3n) is 5.73. The summed E-state index contributed by atoms with van der Waals surface area (Å²) in [5.41, 5.74) is 2.72. The van der Waals surface area contributed by atoms with Gasteiger partial charge in [-0.05, 0) is 49.5 Å². The molecule has 0 aliphatic carbocycles. The lowest BCUT2D eigenvalue weighted by atomic mass is 10.0. The van der Waals surface area contributed by atoms with Gasteiger partial charge in [0.2, 0.25) is 5.91 Å². The molecule has 0 radical (unpaired) electrons. The van der Waals surface area contributed by atoms with Gasteiger partial charge in [-0.3, -0.25) is 9.48 Å². The number of carbonyl (C=O) groups is 1. The van der Waals surface area contributed by atoms with Gasteiger partial charge in [0.05, 0.1) is 24.9 Å². The number of ether oxygens (including phenoxy) is 2. The molecule has 6 nitrogen and oxygen atoms in total. The number of hydrogen-bond donors (Lipinski definition) is 0. The number of amides is 1. The monoisotopic (exact) mass is 443 g/mol. The van der Waals surface area contributed by atoms with Crippen LogP contribution in [0.2, 0.25) is 5.15 Å². The average molecular weight is 444 g/mol. The van der Waals surface area contributed by atoms with Crippen LogP contribution in [0.15, 0.2) is 24.3 Å². The minimum Gasteiger partial charge on any atom is -0.490 e. The molecule has 2 aromatic rings. The van der Waals surface area contributed by atoms with E-state index in [-0.39, 0.29) is 11.9 Å². The van der Waals surface area contributed by atoms with Gasteiger partial charge in [-0.2, -0.15) is 5.10 Å². The Hall–Kier alpha value is -2.47. The van der Waals surface area contributed by atoms with E-state index in [0.717, 1.165) is 60.7 Å². The van der Waals surface area contributed by atoms with Crippen molar-refractivity contribution in [2.75, 3.05) is 19.8 Å². The fraction of sp³-hybridized carbons (Fsp3) is 0.500. The van der Waals surface area contributed by atoms with Gasteiger partial charge in [-0.1, -0.05) is 31.5 Å². The van der Waals surface area contributed by atoms with E-state index in [0.29, 0.717) is 24.3 Å². The molecule has 1 aromatic heterocycles. The molecule has 166 valence electrons. The zero-order chi connectivity index (χ0) is 22.0. The van der Waals surface area contributed by atoms with Crippen molar-refractivity contribution in [3.63, 3.8) is 0 Å². The van der Waals surface area contributed by atoms with Crippen molar-refractivity contribution < 1.29 is 14.3 Å². The van der Waals surface area contributed by atoms with Crippen LogP contribution in [0.3, 0.4) is 0 Å². The third kappa shape index (κ3) is 4.74. The van der Waals surface area contributed by atoms with E-state index in [2.05, 4.69) is 18.9 Å². The molecule has 1 atom stereocenters. The lowest BCUT2D eigenvalue weighted by Crippen LogP contribution is -2.28.